The summed E-state index contributed by atoms with van der Waals surface area (Å²) in [5.41, 5.74) is 0. The first-order valence-corrected chi connectivity index (χ1v) is 4.68. The zero-order valence-electron chi connectivity index (χ0n) is 7.84. The van der Waals surface area contributed by atoms with Crippen molar-refractivity contribution in [3.8, 4) is 0 Å². The third-order valence-electron chi connectivity index (χ3n) is 2.18. The highest BCUT2D eigenvalue weighted by molar-refractivity contribution is 4.79. The van der Waals surface area contributed by atoms with Crippen molar-refractivity contribution >= 4 is 0 Å². The van der Waals surface area contributed by atoms with E-state index in [2.05, 4.69) is 6.58 Å². The lowest BCUT2D eigenvalue weighted by Crippen LogP contribution is -2.24. The summed E-state index contributed by atoms with van der Waals surface area (Å²) in [5, 5.41) is 0. The molecule has 2 heteroatoms. The zero-order chi connectivity index (χ0) is 8.86. The molecular weight excluding hydrogens is 152 g/mol. The maximum absolute atomic E-state index is 5.48. The molecule has 0 unspecified atom stereocenters. The quantitative estimate of drug-likeness (QED) is 0.520. The minimum atomic E-state index is -0.111. The summed E-state index contributed by atoms with van der Waals surface area (Å²) < 4.78 is 11.0. The molecule has 0 aromatic heterocycles. The average molecular weight is 170 g/mol. The molecule has 0 N–H and O–H groups in total. The Bertz CT molecular complexity index is 113. The van der Waals surface area contributed by atoms with Crippen LogP contribution in [0.1, 0.15) is 32.6 Å². The Morgan fingerprint density at radius 1 is 1.17 bits per heavy atom. The third-order valence-corrected chi connectivity index (χ3v) is 2.18. The van der Waals surface area contributed by atoms with E-state index in [0.717, 1.165) is 26.1 Å². The van der Waals surface area contributed by atoms with Crippen LogP contribution in [0.5, 0.6) is 0 Å². The number of hydrogen-bond donors (Lipinski definition) is 0. The molecular formula is C10H18O2. The summed E-state index contributed by atoms with van der Waals surface area (Å²) in [7, 11) is 0. The van der Waals surface area contributed by atoms with Crippen LogP contribution in [0.15, 0.2) is 12.7 Å². The topological polar surface area (TPSA) is 18.5 Å². The Hall–Kier alpha value is -0.340. The molecule has 1 saturated heterocycles. The van der Waals surface area contributed by atoms with Crippen molar-refractivity contribution < 1.29 is 9.47 Å². The second kappa shape index (κ2) is 4.63. The molecule has 0 amide bonds. The molecule has 1 aliphatic heterocycles. The van der Waals surface area contributed by atoms with Gasteiger partial charge in [0.1, 0.15) is 0 Å². The molecule has 2 nitrogen and oxygen atoms in total. The molecule has 70 valence electrons. The summed E-state index contributed by atoms with van der Waals surface area (Å²) in [5.74, 6) is -0.111. The average Bonchev–Trinajstić information content (AvgIpc) is 2.66. The largest absolute Gasteiger partial charge is 0.348 e. The van der Waals surface area contributed by atoms with Gasteiger partial charge in [0.05, 0.1) is 13.2 Å². The minimum absolute atomic E-state index is 0.111. The van der Waals surface area contributed by atoms with E-state index in [1.807, 2.05) is 6.92 Å². The normalized spacial score (nSPS) is 25.1. The van der Waals surface area contributed by atoms with Crippen LogP contribution in [0.3, 0.4) is 0 Å². The van der Waals surface area contributed by atoms with Crippen molar-refractivity contribution in [2.75, 3.05) is 13.2 Å². The first-order valence-electron chi connectivity index (χ1n) is 4.68. The molecule has 1 saturated carbocycles. The smallest absolute Gasteiger partial charge is 0.168 e. The van der Waals surface area contributed by atoms with Crippen LogP contribution in [0.4, 0.5) is 0 Å². The van der Waals surface area contributed by atoms with Crippen LogP contribution in [0.2, 0.25) is 0 Å². The van der Waals surface area contributed by atoms with Gasteiger partial charge in [-0.25, -0.2) is 0 Å². The predicted octanol–water partition coefficient (Wildman–Crippen LogP) is 2.50. The van der Waals surface area contributed by atoms with Crippen molar-refractivity contribution in [2.24, 2.45) is 0 Å². The fourth-order valence-electron chi connectivity index (χ4n) is 1.70. The lowest BCUT2D eigenvalue weighted by molar-refractivity contribution is -0.150. The summed E-state index contributed by atoms with van der Waals surface area (Å²) in [4.78, 5) is 0. The molecule has 2 rings (SSSR count). The van der Waals surface area contributed by atoms with Crippen molar-refractivity contribution in [2.45, 2.75) is 38.4 Å². The highest BCUT2D eigenvalue weighted by atomic mass is 16.7. The molecule has 0 aromatic carbocycles. The fraction of sp³-hybridized carbons (Fsp3) is 0.800. The van der Waals surface area contributed by atoms with Crippen LogP contribution >= 0.6 is 0 Å². The first kappa shape index (κ1) is 9.75. The van der Waals surface area contributed by atoms with Crippen LogP contribution < -0.4 is 0 Å². The van der Waals surface area contributed by atoms with E-state index in [-0.39, 0.29) is 5.79 Å². The van der Waals surface area contributed by atoms with Crippen LogP contribution in [-0.4, -0.2) is 19.0 Å². The summed E-state index contributed by atoms with van der Waals surface area (Å²) in [6.07, 6.45) is 6.54. The van der Waals surface area contributed by atoms with E-state index in [0.29, 0.717) is 0 Å². The van der Waals surface area contributed by atoms with Gasteiger partial charge in [0.25, 0.3) is 0 Å². The van der Waals surface area contributed by atoms with Gasteiger partial charge < -0.3 is 9.47 Å². The van der Waals surface area contributed by atoms with Crippen molar-refractivity contribution in [1.29, 1.82) is 0 Å². The Morgan fingerprint density at radius 2 is 1.58 bits per heavy atom. The maximum Gasteiger partial charge on any atom is 0.168 e. The van der Waals surface area contributed by atoms with Crippen molar-refractivity contribution in [3.63, 3.8) is 0 Å². The van der Waals surface area contributed by atoms with E-state index in [9.17, 15) is 0 Å². The third kappa shape index (κ3) is 2.32. The molecule has 1 heterocycles. The van der Waals surface area contributed by atoms with Gasteiger partial charge in [-0.3, -0.25) is 0 Å². The Balaban J connectivity index is 0.000000213. The molecule has 1 aliphatic carbocycles. The standard InChI is InChI=1S/C7H12O2.C3H6/c1-2-4-7(3-1)8-5-6-9-7;1-3-2/h1-6H2;3H,1H2,2H3. The van der Waals surface area contributed by atoms with Crippen LogP contribution in [0, 0.1) is 0 Å². The van der Waals surface area contributed by atoms with Gasteiger partial charge >= 0.3 is 0 Å². The van der Waals surface area contributed by atoms with Gasteiger partial charge in [-0.05, 0) is 19.8 Å². The second-order valence-electron chi connectivity index (χ2n) is 3.22. The predicted molar refractivity (Wildman–Crippen MR) is 49.0 cm³/mol. The number of ether oxygens (including phenoxy) is 2. The van der Waals surface area contributed by atoms with Gasteiger partial charge in [0, 0.05) is 12.8 Å². The summed E-state index contributed by atoms with van der Waals surface area (Å²) >= 11 is 0. The van der Waals surface area contributed by atoms with E-state index in [1.54, 1.807) is 6.08 Å². The van der Waals surface area contributed by atoms with Gasteiger partial charge in [-0.15, -0.1) is 6.58 Å². The summed E-state index contributed by atoms with van der Waals surface area (Å²) in [6, 6.07) is 0. The molecule has 2 fully saturated rings. The second-order valence-corrected chi connectivity index (χ2v) is 3.22. The highest BCUT2D eigenvalue weighted by Gasteiger charge is 2.38. The van der Waals surface area contributed by atoms with Crippen molar-refractivity contribution in [3.05, 3.63) is 12.7 Å². The summed E-state index contributed by atoms with van der Waals surface area (Å²) in [6.45, 7) is 6.86. The molecule has 12 heavy (non-hydrogen) atoms. The van der Waals surface area contributed by atoms with E-state index >= 15 is 0 Å². The molecule has 2 aliphatic rings. The highest BCUT2D eigenvalue weighted by Crippen LogP contribution is 2.36. The molecule has 0 radical (unpaired) electrons. The Labute approximate surface area is 74.6 Å². The Kier molecular flexibility index (Phi) is 3.76. The van der Waals surface area contributed by atoms with Gasteiger partial charge in [-0.1, -0.05) is 6.08 Å². The van der Waals surface area contributed by atoms with Crippen LogP contribution in [0.25, 0.3) is 0 Å². The van der Waals surface area contributed by atoms with E-state index in [1.165, 1.54) is 12.8 Å². The maximum atomic E-state index is 5.48. The fourth-order valence-corrected chi connectivity index (χ4v) is 1.70. The lowest BCUT2D eigenvalue weighted by atomic mass is 10.2. The van der Waals surface area contributed by atoms with Gasteiger partial charge in [-0.2, -0.15) is 0 Å². The number of hydrogen-bond acceptors (Lipinski definition) is 2. The first-order chi connectivity index (χ1) is 5.83. The van der Waals surface area contributed by atoms with Crippen LogP contribution in [-0.2, 0) is 9.47 Å². The molecule has 1 spiro atoms. The molecule has 0 aromatic rings. The zero-order valence-corrected chi connectivity index (χ0v) is 7.84. The minimum Gasteiger partial charge on any atom is -0.348 e. The number of rotatable bonds is 0. The number of allylic oxidation sites excluding steroid dienone is 1. The molecule has 0 bridgehead atoms. The van der Waals surface area contributed by atoms with Gasteiger partial charge in [0.2, 0.25) is 0 Å². The lowest BCUT2D eigenvalue weighted by Gasteiger charge is -2.19. The Morgan fingerprint density at radius 3 is 2.00 bits per heavy atom. The monoisotopic (exact) mass is 170 g/mol. The van der Waals surface area contributed by atoms with Gasteiger partial charge in [0.15, 0.2) is 5.79 Å². The molecule has 0 atom stereocenters. The van der Waals surface area contributed by atoms with Crippen molar-refractivity contribution in [1.82, 2.24) is 0 Å². The van der Waals surface area contributed by atoms with E-state index in [4.69, 9.17) is 9.47 Å². The SMILES string of the molecule is C1CCC2(C1)OCCO2.C=CC. The van der Waals surface area contributed by atoms with E-state index < -0.39 is 0 Å².